The molecule has 2 amide bonds. The van der Waals surface area contributed by atoms with Gasteiger partial charge in [-0.1, -0.05) is 0 Å². The molecule has 0 unspecified atom stereocenters. The monoisotopic (exact) mass is 380 g/mol. The summed E-state index contributed by atoms with van der Waals surface area (Å²) in [5, 5.41) is 0.817. The fourth-order valence-electron chi connectivity index (χ4n) is 2.78. The maximum Gasteiger partial charge on any atom is 0.254 e. The molecule has 6 nitrogen and oxygen atoms in total. The predicted octanol–water partition coefficient (Wildman–Crippen LogP) is 2.51. The van der Waals surface area contributed by atoms with E-state index in [0.717, 1.165) is 5.39 Å². The average Bonchev–Trinajstić information content (AvgIpc) is 2.93. The average molecular weight is 381 g/mol. The maximum atomic E-state index is 12.7. The third-order valence-corrected chi connectivity index (χ3v) is 4.44. The molecule has 1 fully saturated rings. The highest BCUT2D eigenvalue weighted by atomic mass is 79.9. The van der Waals surface area contributed by atoms with Crippen LogP contribution in [-0.2, 0) is 4.79 Å². The molecule has 2 heterocycles. The van der Waals surface area contributed by atoms with Crippen LogP contribution in [0.1, 0.15) is 17.3 Å². The van der Waals surface area contributed by atoms with E-state index in [9.17, 15) is 9.59 Å². The van der Waals surface area contributed by atoms with Crippen LogP contribution >= 0.6 is 15.9 Å². The van der Waals surface area contributed by atoms with Crippen LogP contribution in [0, 0.1) is 0 Å². The van der Waals surface area contributed by atoms with Crippen molar-refractivity contribution in [3.05, 3.63) is 28.4 Å². The van der Waals surface area contributed by atoms with E-state index in [1.807, 2.05) is 6.07 Å². The third-order valence-electron chi connectivity index (χ3n) is 4.05. The van der Waals surface area contributed by atoms with Gasteiger partial charge in [-0.15, -0.1) is 0 Å². The lowest BCUT2D eigenvalue weighted by molar-refractivity contribution is -0.130. The van der Waals surface area contributed by atoms with E-state index >= 15 is 0 Å². The number of nitrogens with zero attached hydrogens (tertiary/aromatic N) is 2. The molecule has 1 aliphatic rings. The van der Waals surface area contributed by atoms with Gasteiger partial charge in [0.05, 0.1) is 12.5 Å². The first-order valence-electron chi connectivity index (χ1n) is 7.31. The molecule has 0 atom stereocenters. The van der Waals surface area contributed by atoms with Gasteiger partial charge in [0, 0.05) is 44.7 Å². The number of carbonyl (C=O) groups excluding carboxylic acids is 2. The number of amides is 2. The van der Waals surface area contributed by atoms with Crippen molar-refractivity contribution in [3.63, 3.8) is 0 Å². The first-order valence-corrected chi connectivity index (χ1v) is 8.11. The van der Waals surface area contributed by atoms with Crippen LogP contribution in [0.3, 0.4) is 0 Å². The second kappa shape index (κ2) is 6.23. The molecule has 0 spiro atoms. The molecule has 1 aliphatic heterocycles. The molecular formula is C16H17BrN2O4. The molecule has 0 saturated carbocycles. The van der Waals surface area contributed by atoms with Gasteiger partial charge >= 0.3 is 0 Å². The summed E-state index contributed by atoms with van der Waals surface area (Å²) in [7, 11) is 1.57. The summed E-state index contributed by atoms with van der Waals surface area (Å²) < 4.78 is 11.5. The summed E-state index contributed by atoms with van der Waals surface area (Å²) in [6.07, 6.45) is 0. The zero-order valence-corrected chi connectivity index (χ0v) is 14.6. The first-order chi connectivity index (χ1) is 11.0. The Kier molecular flexibility index (Phi) is 4.30. The number of fused-ring (bicyclic) bond motifs is 1. The van der Waals surface area contributed by atoms with Gasteiger partial charge in [-0.05, 0) is 28.1 Å². The van der Waals surface area contributed by atoms with Crippen molar-refractivity contribution in [3.8, 4) is 5.75 Å². The van der Waals surface area contributed by atoms with E-state index in [4.69, 9.17) is 9.15 Å². The standard InChI is InChI=1S/C16H17BrN2O4/c1-10(20)18-3-5-19(6-4-18)16(21)11-7-13(22-2)12-9-15(17)23-14(12)8-11/h7-9H,3-6H2,1-2H3. The largest absolute Gasteiger partial charge is 0.496 e. The Morgan fingerprint density at radius 1 is 1.13 bits per heavy atom. The lowest BCUT2D eigenvalue weighted by Crippen LogP contribution is -2.50. The quantitative estimate of drug-likeness (QED) is 0.802. The maximum absolute atomic E-state index is 12.7. The third kappa shape index (κ3) is 3.06. The Bertz CT molecular complexity index is 763. The Hall–Kier alpha value is -2.02. The van der Waals surface area contributed by atoms with Gasteiger partial charge in [0.15, 0.2) is 4.67 Å². The van der Waals surface area contributed by atoms with Crippen LogP contribution in [0.4, 0.5) is 0 Å². The number of halogens is 1. The van der Waals surface area contributed by atoms with Crippen molar-refractivity contribution in [2.24, 2.45) is 0 Å². The fourth-order valence-corrected chi connectivity index (χ4v) is 3.18. The SMILES string of the molecule is COc1cc(C(=O)N2CCN(C(C)=O)CC2)cc2oc(Br)cc12. The summed E-state index contributed by atoms with van der Waals surface area (Å²) in [5.41, 5.74) is 1.12. The van der Waals surface area contributed by atoms with Crippen molar-refractivity contribution in [2.75, 3.05) is 33.3 Å². The summed E-state index contributed by atoms with van der Waals surface area (Å²) in [6.45, 7) is 3.73. The van der Waals surface area contributed by atoms with Gasteiger partial charge in [-0.2, -0.15) is 0 Å². The molecule has 2 aromatic rings. The molecule has 0 aliphatic carbocycles. The minimum Gasteiger partial charge on any atom is -0.496 e. The van der Waals surface area contributed by atoms with E-state index in [1.165, 1.54) is 0 Å². The Balaban J connectivity index is 1.85. The Morgan fingerprint density at radius 2 is 1.78 bits per heavy atom. The van der Waals surface area contributed by atoms with Crippen molar-refractivity contribution in [1.82, 2.24) is 9.80 Å². The zero-order valence-electron chi connectivity index (χ0n) is 13.0. The number of rotatable bonds is 2. The Labute approximate surface area is 142 Å². The molecule has 7 heteroatoms. The van der Waals surface area contributed by atoms with Gasteiger partial charge in [0.1, 0.15) is 11.3 Å². The molecular weight excluding hydrogens is 364 g/mol. The molecule has 1 aromatic heterocycles. The van der Waals surface area contributed by atoms with E-state index < -0.39 is 0 Å². The van der Waals surface area contributed by atoms with E-state index in [2.05, 4.69) is 15.9 Å². The van der Waals surface area contributed by atoms with Crippen LogP contribution in [0.2, 0.25) is 0 Å². The highest BCUT2D eigenvalue weighted by Crippen LogP contribution is 2.32. The van der Waals surface area contributed by atoms with Crippen LogP contribution < -0.4 is 4.74 Å². The highest BCUT2D eigenvalue weighted by Gasteiger charge is 2.24. The van der Waals surface area contributed by atoms with Gasteiger partial charge in [-0.25, -0.2) is 0 Å². The minimum atomic E-state index is -0.0825. The predicted molar refractivity (Wildman–Crippen MR) is 88.6 cm³/mol. The number of hydrogen-bond donors (Lipinski definition) is 0. The molecule has 3 rings (SSSR count). The number of ether oxygens (including phenoxy) is 1. The number of piperazine rings is 1. The van der Waals surface area contributed by atoms with Crippen LogP contribution in [0.25, 0.3) is 11.0 Å². The van der Waals surface area contributed by atoms with Gasteiger partial charge in [0.25, 0.3) is 5.91 Å². The lowest BCUT2D eigenvalue weighted by atomic mass is 10.1. The summed E-state index contributed by atoms with van der Waals surface area (Å²) >= 11 is 3.29. The fraction of sp³-hybridized carbons (Fsp3) is 0.375. The van der Waals surface area contributed by atoms with Crippen molar-refractivity contribution in [1.29, 1.82) is 0 Å². The van der Waals surface area contributed by atoms with Crippen LogP contribution in [-0.4, -0.2) is 54.9 Å². The van der Waals surface area contributed by atoms with Gasteiger partial charge in [0.2, 0.25) is 5.91 Å². The molecule has 1 aromatic carbocycles. The topological polar surface area (TPSA) is 63.0 Å². The van der Waals surface area contributed by atoms with Gasteiger partial charge < -0.3 is 19.0 Å². The van der Waals surface area contributed by atoms with Gasteiger partial charge in [-0.3, -0.25) is 9.59 Å². The second-order valence-corrected chi connectivity index (χ2v) is 6.22. The highest BCUT2D eigenvalue weighted by molar-refractivity contribution is 9.10. The smallest absolute Gasteiger partial charge is 0.254 e. The summed E-state index contributed by atoms with van der Waals surface area (Å²) in [5.74, 6) is 0.559. The number of furan rings is 1. The summed E-state index contributed by atoms with van der Waals surface area (Å²) in [6, 6.07) is 5.26. The number of carbonyl (C=O) groups is 2. The molecule has 1 saturated heterocycles. The lowest BCUT2D eigenvalue weighted by Gasteiger charge is -2.34. The van der Waals surface area contributed by atoms with Crippen LogP contribution in [0.15, 0.2) is 27.3 Å². The normalized spacial score (nSPS) is 15.1. The van der Waals surface area contributed by atoms with E-state index in [1.54, 1.807) is 36.0 Å². The number of benzene rings is 1. The molecule has 0 N–H and O–H groups in total. The van der Waals surface area contributed by atoms with E-state index in [0.29, 0.717) is 47.7 Å². The first kappa shape index (κ1) is 15.9. The molecule has 122 valence electrons. The molecule has 0 radical (unpaired) electrons. The minimum absolute atomic E-state index is 0.0422. The zero-order chi connectivity index (χ0) is 16.6. The van der Waals surface area contributed by atoms with Crippen molar-refractivity contribution >= 4 is 38.7 Å². The van der Waals surface area contributed by atoms with E-state index in [-0.39, 0.29) is 11.8 Å². The summed E-state index contributed by atoms with van der Waals surface area (Å²) in [4.78, 5) is 27.6. The van der Waals surface area contributed by atoms with Crippen LogP contribution in [0.5, 0.6) is 5.75 Å². The van der Waals surface area contributed by atoms with Crippen molar-refractivity contribution in [2.45, 2.75) is 6.92 Å². The second-order valence-electron chi connectivity index (χ2n) is 5.44. The molecule has 23 heavy (non-hydrogen) atoms. The Morgan fingerprint density at radius 3 is 2.39 bits per heavy atom. The van der Waals surface area contributed by atoms with Crippen molar-refractivity contribution < 1.29 is 18.7 Å². The number of hydrogen-bond acceptors (Lipinski definition) is 4. The number of methoxy groups -OCH3 is 1. The molecule has 0 bridgehead atoms.